The van der Waals surface area contributed by atoms with Crippen LogP contribution in [0.3, 0.4) is 0 Å². The highest BCUT2D eigenvalue weighted by Gasteiger charge is 2.23. The van der Waals surface area contributed by atoms with E-state index in [4.69, 9.17) is 16.3 Å². The lowest BCUT2D eigenvalue weighted by atomic mass is 10.2. The summed E-state index contributed by atoms with van der Waals surface area (Å²) in [5.74, 6) is 0.588. The van der Waals surface area contributed by atoms with Crippen molar-refractivity contribution in [2.24, 2.45) is 5.92 Å². The fraction of sp³-hybridized carbons (Fsp3) is 0.600. The second-order valence-corrected chi connectivity index (χ2v) is 8.16. The number of morpholine rings is 1. The summed E-state index contributed by atoms with van der Waals surface area (Å²) in [4.78, 5) is 2.53. The van der Waals surface area contributed by atoms with Gasteiger partial charge in [0, 0.05) is 31.2 Å². The molecule has 1 aromatic rings. The van der Waals surface area contributed by atoms with Crippen molar-refractivity contribution < 1.29 is 13.2 Å². The van der Waals surface area contributed by atoms with Gasteiger partial charge in [-0.1, -0.05) is 25.4 Å². The van der Waals surface area contributed by atoms with E-state index in [2.05, 4.69) is 23.5 Å². The summed E-state index contributed by atoms with van der Waals surface area (Å²) in [6.07, 6.45) is -0.116. The number of sulfonamides is 1. The van der Waals surface area contributed by atoms with Gasteiger partial charge in [0.15, 0.2) is 0 Å². The van der Waals surface area contributed by atoms with Crippen LogP contribution in [0.5, 0.6) is 0 Å². The minimum Gasteiger partial charge on any atom is -0.374 e. The zero-order chi connectivity index (χ0) is 16.2. The van der Waals surface area contributed by atoms with Gasteiger partial charge in [0.2, 0.25) is 10.0 Å². The largest absolute Gasteiger partial charge is 0.374 e. The summed E-state index contributed by atoms with van der Waals surface area (Å²) < 4.78 is 32.7. The van der Waals surface area contributed by atoms with Crippen molar-refractivity contribution in [2.75, 3.05) is 32.8 Å². The molecule has 0 bridgehead atoms. The molecule has 0 spiro atoms. The van der Waals surface area contributed by atoms with Crippen molar-refractivity contribution >= 4 is 21.6 Å². The minimum atomic E-state index is -3.52. The predicted octanol–water partition coefficient (Wildman–Crippen LogP) is 1.98. The third-order valence-corrected chi connectivity index (χ3v) is 5.16. The topological polar surface area (TPSA) is 58.6 Å². The maximum absolute atomic E-state index is 12.2. The van der Waals surface area contributed by atoms with Crippen molar-refractivity contribution in [1.29, 1.82) is 0 Å². The molecule has 7 heteroatoms. The van der Waals surface area contributed by atoms with Gasteiger partial charge >= 0.3 is 0 Å². The van der Waals surface area contributed by atoms with E-state index in [-0.39, 0.29) is 17.5 Å². The first-order valence-electron chi connectivity index (χ1n) is 7.46. The van der Waals surface area contributed by atoms with Gasteiger partial charge in [-0.2, -0.15) is 0 Å². The quantitative estimate of drug-likeness (QED) is 0.855. The Kier molecular flexibility index (Phi) is 6.23. The molecule has 0 aromatic heterocycles. The van der Waals surface area contributed by atoms with Crippen LogP contribution in [0.4, 0.5) is 0 Å². The van der Waals surface area contributed by atoms with Crippen LogP contribution in [0, 0.1) is 5.92 Å². The van der Waals surface area contributed by atoms with E-state index in [1.54, 1.807) is 12.1 Å². The molecule has 1 atom stereocenters. The first kappa shape index (κ1) is 17.7. The Labute approximate surface area is 137 Å². The van der Waals surface area contributed by atoms with Gasteiger partial charge in [-0.05, 0) is 30.2 Å². The summed E-state index contributed by atoms with van der Waals surface area (Å²) in [6, 6.07) is 6.13. The summed E-state index contributed by atoms with van der Waals surface area (Å²) >= 11 is 5.78. The molecule has 1 unspecified atom stereocenters. The SMILES string of the molecule is CC(C)CN1CCOC(CNS(=O)(=O)c2ccc(Cl)cc2)C1. The monoisotopic (exact) mass is 346 g/mol. The Morgan fingerprint density at radius 2 is 2.05 bits per heavy atom. The molecule has 1 fully saturated rings. The number of ether oxygens (including phenoxy) is 1. The van der Waals surface area contributed by atoms with Crippen molar-refractivity contribution in [2.45, 2.75) is 24.8 Å². The maximum atomic E-state index is 12.2. The van der Waals surface area contributed by atoms with Crippen LogP contribution >= 0.6 is 11.6 Å². The molecule has 1 aliphatic rings. The van der Waals surface area contributed by atoms with E-state index < -0.39 is 10.0 Å². The molecule has 1 heterocycles. The molecule has 5 nitrogen and oxygen atoms in total. The lowest BCUT2D eigenvalue weighted by molar-refractivity contribution is -0.0280. The van der Waals surface area contributed by atoms with E-state index >= 15 is 0 Å². The van der Waals surface area contributed by atoms with Gasteiger partial charge in [0.1, 0.15) is 0 Å². The van der Waals surface area contributed by atoms with E-state index in [9.17, 15) is 8.42 Å². The van der Waals surface area contributed by atoms with Gasteiger partial charge in [0.25, 0.3) is 0 Å². The molecule has 22 heavy (non-hydrogen) atoms. The van der Waals surface area contributed by atoms with Crippen LogP contribution in [0.2, 0.25) is 5.02 Å². The van der Waals surface area contributed by atoms with E-state index in [1.807, 2.05) is 0 Å². The van der Waals surface area contributed by atoms with Gasteiger partial charge in [-0.3, -0.25) is 4.90 Å². The number of benzene rings is 1. The highest BCUT2D eigenvalue weighted by molar-refractivity contribution is 7.89. The zero-order valence-electron chi connectivity index (χ0n) is 13.0. The van der Waals surface area contributed by atoms with Crippen LogP contribution in [0.1, 0.15) is 13.8 Å². The molecule has 1 aliphatic heterocycles. The fourth-order valence-corrected chi connectivity index (χ4v) is 3.68. The van der Waals surface area contributed by atoms with Gasteiger partial charge < -0.3 is 4.74 Å². The molecule has 1 aromatic carbocycles. The Bertz CT molecular complexity index is 575. The lowest BCUT2D eigenvalue weighted by Crippen LogP contribution is -2.48. The van der Waals surface area contributed by atoms with Crippen molar-refractivity contribution in [3.8, 4) is 0 Å². The number of hydrogen-bond acceptors (Lipinski definition) is 4. The fourth-order valence-electron chi connectivity index (χ4n) is 2.49. The highest BCUT2D eigenvalue weighted by atomic mass is 35.5. The van der Waals surface area contributed by atoms with Crippen molar-refractivity contribution in [1.82, 2.24) is 9.62 Å². The summed E-state index contributed by atoms with van der Waals surface area (Å²) in [7, 11) is -3.52. The van der Waals surface area contributed by atoms with Gasteiger partial charge in [-0.25, -0.2) is 13.1 Å². The number of rotatable bonds is 6. The predicted molar refractivity (Wildman–Crippen MR) is 87.7 cm³/mol. The molecular weight excluding hydrogens is 324 g/mol. The molecule has 0 saturated carbocycles. The number of halogens is 1. The normalized spacial score (nSPS) is 20.5. The second-order valence-electron chi connectivity index (χ2n) is 5.95. The summed E-state index contributed by atoms with van der Waals surface area (Å²) in [6.45, 7) is 7.92. The zero-order valence-corrected chi connectivity index (χ0v) is 14.5. The first-order valence-corrected chi connectivity index (χ1v) is 9.32. The average Bonchev–Trinajstić information content (AvgIpc) is 2.45. The molecule has 124 valence electrons. The Morgan fingerprint density at radius 3 is 2.68 bits per heavy atom. The standard InChI is InChI=1S/C15H23ClN2O3S/c1-12(2)10-18-7-8-21-14(11-18)9-17-22(19,20)15-5-3-13(16)4-6-15/h3-6,12,14,17H,7-11H2,1-2H3. The average molecular weight is 347 g/mol. The van der Waals surface area contributed by atoms with E-state index in [0.29, 0.717) is 17.5 Å². The van der Waals surface area contributed by atoms with E-state index in [1.165, 1.54) is 12.1 Å². The van der Waals surface area contributed by atoms with Crippen molar-refractivity contribution in [3.05, 3.63) is 29.3 Å². The molecule has 1 saturated heterocycles. The molecule has 0 radical (unpaired) electrons. The molecule has 0 aliphatic carbocycles. The minimum absolute atomic E-state index is 0.116. The summed E-state index contributed by atoms with van der Waals surface area (Å²) in [5.41, 5.74) is 0. The molecule has 0 amide bonds. The third kappa shape index (κ3) is 5.21. The third-order valence-electron chi connectivity index (χ3n) is 3.47. The van der Waals surface area contributed by atoms with Crippen LogP contribution in [-0.4, -0.2) is 52.2 Å². The first-order chi connectivity index (χ1) is 10.4. The lowest BCUT2D eigenvalue weighted by Gasteiger charge is -2.33. The molecule has 2 rings (SSSR count). The van der Waals surface area contributed by atoms with Gasteiger partial charge in [-0.15, -0.1) is 0 Å². The molecule has 1 N–H and O–H groups in total. The van der Waals surface area contributed by atoms with Crippen LogP contribution in [-0.2, 0) is 14.8 Å². The Morgan fingerprint density at radius 1 is 1.36 bits per heavy atom. The number of nitrogens with one attached hydrogen (secondary N) is 1. The second kappa shape index (κ2) is 7.75. The van der Waals surface area contributed by atoms with Crippen molar-refractivity contribution in [3.63, 3.8) is 0 Å². The van der Waals surface area contributed by atoms with Crippen LogP contribution in [0.15, 0.2) is 29.2 Å². The number of hydrogen-bond donors (Lipinski definition) is 1. The van der Waals surface area contributed by atoms with Crippen LogP contribution in [0.25, 0.3) is 0 Å². The number of nitrogens with zero attached hydrogens (tertiary/aromatic N) is 1. The van der Waals surface area contributed by atoms with Crippen LogP contribution < -0.4 is 4.72 Å². The van der Waals surface area contributed by atoms with Gasteiger partial charge in [0.05, 0.1) is 17.6 Å². The smallest absolute Gasteiger partial charge is 0.240 e. The maximum Gasteiger partial charge on any atom is 0.240 e. The van der Waals surface area contributed by atoms with E-state index in [0.717, 1.165) is 19.6 Å². The molecular formula is C15H23ClN2O3S. The Hall–Kier alpha value is -0.660. The summed E-state index contributed by atoms with van der Waals surface area (Å²) in [5, 5.41) is 0.513. The Balaban J connectivity index is 1.90. The highest BCUT2D eigenvalue weighted by Crippen LogP contribution is 2.14.